The van der Waals surface area contributed by atoms with E-state index in [1.54, 1.807) is 4.90 Å². The Morgan fingerprint density at radius 3 is 2.43 bits per heavy atom. The Kier molecular flexibility index (Phi) is 4.70. The van der Waals surface area contributed by atoms with Crippen molar-refractivity contribution in [3.8, 4) is 0 Å². The van der Waals surface area contributed by atoms with Gasteiger partial charge in [0.1, 0.15) is 0 Å². The number of piperazine rings is 1. The Balaban J connectivity index is 2.36. The number of nitro benzene ring substituents is 1. The van der Waals surface area contributed by atoms with Crippen molar-refractivity contribution in [2.24, 2.45) is 0 Å². The van der Waals surface area contributed by atoms with Gasteiger partial charge in [-0.05, 0) is 13.8 Å². The van der Waals surface area contributed by atoms with Crippen LogP contribution in [0.1, 0.15) is 24.2 Å². The van der Waals surface area contributed by atoms with Crippen molar-refractivity contribution in [1.82, 2.24) is 10.2 Å². The summed E-state index contributed by atoms with van der Waals surface area (Å²) >= 11 is 11.9. The minimum absolute atomic E-state index is 0.00504. The number of nitrogens with zero attached hydrogens (tertiary/aromatic N) is 2. The first kappa shape index (κ1) is 16.0. The van der Waals surface area contributed by atoms with Crippen LogP contribution < -0.4 is 5.32 Å². The molecule has 2 rings (SSSR count). The summed E-state index contributed by atoms with van der Waals surface area (Å²) in [6, 6.07) is 2.61. The molecule has 1 saturated heterocycles. The smallest absolute Gasteiger partial charge is 0.271 e. The zero-order valence-corrected chi connectivity index (χ0v) is 13.1. The van der Waals surface area contributed by atoms with Crippen LogP contribution in [0.4, 0.5) is 5.69 Å². The Bertz CT molecular complexity index is 584. The zero-order chi connectivity index (χ0) is 15.7. The molecule has 1 aliphatic rings. The lowest BCUT2D eigenvalue weighted by Crippen LogP contribution is -2.55. The van der Waals surface area contributed by atoms with Gasteiger partial charge in [-0.1, -0.05) is 23.2 Å². The fraction of sp³-hybridized carbons (Fsp3) is 0.462. The molecular weight excluding hydrogens is 317 g/mol. The number of carbonyl (C=O) groups is 1. The van der Waals surface area contributed by atoms with Crippen molar-refractivity contribution in [3.05, 3.63) is 37.9 Å². The molecule has 1 aromatic carbocycles. The molecule has 8 heteroatoms. The number of non-ortho nitro benzene ring substituents is 1. The summed E-state index contributed by atoms with van der Waals surface area (Å²) < 4.78 is 0. The monoisotopic (exact) mass is 331 g/mol. The van der Waals surface area contributed by atoms with E-state index in [2.05, 4.69) is 5.32 Å². The van der Waals surface area contributed by atoms with Gasteiger partial charge in [0, 0.05) is 37.3 Å². The average molecular weight is 332 g/mol. The molecule has 1 N–H and O–H groups in total. The van der Waals surface area contributed by atoms with Crippen molar-refractivity contribution in [2.75, 3.05) is 13.1 Å². The summed E-state index contributed by atoms with van der Waals surface area (Å²) in [6.45, 7) is 4.97. The largest absolute Gasteiger partial charge is 0.335 e. The third-order valence-corrected chi connectivity index (χ3v) is 4.10. The molecule has 0 radical (unpaired) electrons. The van der Waals surface area contributed by atoms with Gasteiger partial charge in [0.25, 0.3) is 11.6 Å². The number of benzene rings is 1. The molecule has 1 aliphatic heterocycles. The fourth-order valence-corrected chi connectivity index (χ4v) is 2.90. The van der Waals surface area contributed by atoms with Gasteiger partial charge in [-0.15, -0.1) is 0 Å². The first-order valence-corrected chi connectivity index (χ1v) is 7.24. The van der Waals surface area contributed by atoms with E-state index < -0.39 is 4.92 Å². The molecule has 114 valence electrons. The number of carbonyl (C=O) groups excluding carboxylic acids is 1. The maximum Gasteiger partial charge on any atom is 0.271 e. The molecule has 1 heterocycles. The molecule has 2 atom stereocenters. The molecule has 0 spiro atoms. The average Bonchev–Trinajstić information content (AvgIpc) is 2.39. The normalized spacial score (nSPS) is 22.2. The molecule has 2 unspecified atom stereocenters. The van der Waals surface area contributed by atoms with Crippen LogP contribution in [-0.4, -0.2) is 40.9 Å². The highest BCUT2D eigenvalue weighted by atomic mass is 35.5. The second-order valence-corrected chi connectivity index (χ2v) is 6.01. The van der Waals surface area contributed by atoms with Gasteiger partial charge >= 0.3 is 0 Å². The van der Waals surface area contributed by atoms with E-state index in [1.807, 2.05) is 13.8 Å². The van der Waals surface area contributed by atoms with E-state index in [9.17, 15) is 14.9 Å². The molecular formula is C13H15Cl2N3O3. The molecule has 1 amide bonds. The lowest BCUT2D eigenvalue weighted by molar-refractivity contribution is -0.384. The van der Waals surface area contributed by atoms with Gasteiger partial charge in [0.15, 0.2) is 0 Å². The number of amides is 1. The Morgan fingerprint density at radius 2 is 1.90 bits per heavy atom. The Labute approximate surface area is 132 Å². The maximum absolute atomic E-state index is 12.6. The minimum Gasteiger partial charge on any atom is -0.335 e. The maximum atomic E-state index is 12.6. The van der Waals surface area contributed by atoms with E-state index in [4.69, 9.17) is 23.2 Å². The van der Waals surface area contributed by atoms with Crippen LogP contribution in [-0.2, 0) is 0 Å². The van der Waals surface area contributed by atoms with Crippen LogP contribution in [0.2, 0.25) is 10.0 Å². The van der Waals surface area contributed by atoms with Gasteiger partial charge in [-0.3, -0.25) is 14.9 Å². The molecule has 0 bridgehead atoms. The minimum atomic E-state index is -0.595. The SMILES string of the molecule is CC1CN(C(=O)c2cc([N+](=O)[O-])cc(Cl)c2Cl)CC(C)N1. The van der Waals surface area contributed by atoms with Crippen molar-refractivity contribution in [2.45, 2.75) is 25.9 Å². The molecule has 1 fully saturated rings. The number of hydrogen-bond acceptors (Lipinski definition) is 4. The first-order valence-electron chi connectivity index (χ1n) is 6.48. The number of hydrogen-bond donors (Lipinski definition) is 1. The van der Waals surface area contributed by atoms with Crippen molar-refractivity contribution in [3.63, 3.8) is 0 Å². The quantitative estimate of drug-likeness (QED) is 0.667. The van der Waals surface area contributed by atoms with Gasteiger partial charge in [0.05, 0.1) is 20.5 Å². The second kappa shape index (κ2) is 6.17. The summed E-state index contributed by atoms with van der Waals surface area (Å²) in [5.74, 6) is -0.342. The number of nitro groups is 1. The van der Waals surface area contributed by atoms with Gasteiger partial charge < -0.3 is 10.2 Å². The Morgan fingerprint density at radius 1 is 1.33 bits per heavy atom. The third kappa shape index (κ3) is 3.45. The first-order chi connectivity index (χ1) is 9.79. The Hall–Kier alpha value is -1.37. The zero-order valence-electron chi connectivity index (χ0n) is 11.6. The van der Waals surface area contributed by atoms with Crippen molar-refractivity contribution in [1.29, 1.82) is 0 Å². The molecule has 6 nitrogen and oxygen atoms in total. The summed E-state index contributed by atoms with van der Waals surface area (Å²) in [6.07, 6.45) is 0. The molecule has 1 aromatic rings. The summed E-state index contributed by atoms with van der Waals surface area (Å²) in [5, 5.41) is 14.3. The van der Waals surface area contributed by atoms with E-state index in [0.717, 1.165) is 6.07 Å². The molecule has 21 heavy (non-hydrogen) atoms. The summed E-state index contributed by atoms with van der Waals surface area (Å²) in [7, 11) is 0. The number of nitrogens with one attached hydrogen (secondary N) is 1. The van der Waals surface area contributed by atoms with Crippen molar-refractivity contribution < 1.29 is 9.72 Å². The van der Waals surface area contributed by atoms with Crippen LogP contribution in [0, 0.1) is 10.1 Å². The van der Waals surface area contributed by atoms with Crippen LogP contribution in [0.5, 0.6) is 0 Å². The van der Waals surface area contributed by atoms with E-state index in [1.165, 1.54) is 6.07 Å². The highest BCUT2D eigenvalue weighted by molar-refractivity contribution is 6.44. The van der Waals surface area contributed by atoms with E-state index in [-0.39, 0.29) is 39.3 Å². The summed E-state index contributed by atoms with van der Waals surface area (Å²) in [4.78, 5) is 24.5. The van der Waals surface area contributed by atoms with E-state index in [0.29, 0.717) is 13.1 Å². The van der Waals surface area contributed by atoms with Gasteiger partial charge in [0.2, 0.25) is 0 Å². The predicted molar refractivity (Wildman–Crippen MR) is 81.1 cm³/mol. The molecule has 0 aromatic heterocycles. The fourth-order valence-electron chi connectivity index (χ4n) is 2.50. The lowest BCUT2D eigenvalue weighted by Gasteiger charge is -2.36. The van der Waals surface area contributed by atoms with Crippen LogP contribution in [0.25, 0.3) is 0 Å². The van der Waals surface area contributed by atoms with Gasteiger partial charge in [-0.2, -0.15) is 0 Å². The second-order valence-electron chi connectivity index (χ2n) is 5.23. The van der Waals surface area contributed by atoms with Crippen molar-refractivity contribution >= 4 is 34.8 Å². The number of rotatable bonds is 2. The molecule has 0 aliphatic carbocycles. The van der Waals surface area contributed by atoms with Crippen LogP contribution in [0.15, 0.2) is 12.1 Å². The topological polar surface area (TPSA) is 75.5 Å². The predicted octanol–water partition coefficient (Wildman–Crippen LogP) is 2.72. The standard InChI is InChI=1S/C13H15Cl2N3O3/c1-7-5-17(6-8(2)16-7)13(19)10-3-9(18(20)21)4-11(14)12(10)15/h3-4,7-8,16H,5-6H2,1-2H3. The highest BCUT2D eigenvalue weighted by Gasteiger charge is 2.28. The highest BCUT2D eigenvalue weighted by Crippen LogP contribution is 2.32. The molecule has 0 saturated carbocycles. The lowest BCUT2D eigenvalue weighted by atomic mass is 10.1. The summed E-state index contributed by atoms with van der Waals surface area (Å²) in [5.41, 5.74) is -0.179. The third-order valence-electron chi connectivity index (χ3n) is 3.30. The van der Waals surface area contributed by atoms with Crippen LogP contribution in [0.3, 0.4) is 0 Å². The van der Waals surface area contributed by atoms with E-state index >= 15 is 0 Å². The number of halogens is 2. The van der Waals surface area contributed by atoms with Gasteiger partial charge in [-0.25, -0.2) is 0 Å². The van der Waals surface area contributed by atoms with Crippen LogP contribution >= 0.6 is 23.2 Å².